The number of phenolic OH excluding ortho intramolecular Hbond substituents is 1. The summed E-state index contributed by atoms with van der Waals surface area (Å²) in [6, 6.07) is 11.0. The molecule has 0 bridgehead atoms. The van der Waals surface area contributed by atoms with Gasteiger partial charge in [-0.1, -0.05) is 35.3 Å². The van der Waals surface area contributed by atoms with E-state index in [1.54, 1.807) is 12.1 Å². The summed E-state index contributed by atoms with van der Waals surface area (Å²) in [6.07, 6.45) is 0. The Labute approximate surface area is 113 Å². The van der Waals surface area contributed by atoms with Crippen molar-refractivity contribution in [3.8, 4) is 17.1 Å². The molecule has 0 aliphatic heterocycles. The number of aromatic amines is 1. The number of nitrogens with one attached hydrogen (secondary N) is 1. The number of para-hydroxylation sites is 2. The Morgan fingerprint density at radius 2 is 1.72 bits per heavy atom. The minimum Gasteiger partial charge on any atom is -0.505 e. The number of H-pyrrole nitrogens is 1. The van der Waals surface area contributed by atoms with Crippen molar-refractivity contribution in [2.75, 3.05) is 0 Å². The molecule has 0 aliphatic carbocycles. The second kappa shape index (κ2) is 4.19. The molecule has 0 aliphatic rings. The fourth-order valence-corrected chi connectivity index (χ4v) is 2.28. The van der Waals surface area contributed by atoms with Gasteiger partial charge in [0.2, 0.25) is 0 Å². The molecule has 0 spiro atoms. The number of benzene rings is 2. The summed E-state index contributed by atoms with van der Waals surface area (Å²) >= 11 is 11.8. The zero-order valence-electron chi connectivity index (χ0n) is 9.11. The molecule has 0 saturated heterocycles. The van der Waals surface area contributed by atoms with Crippen molar-refractivity contribution in [1.82, 2.24) is 9.97 Å². The molecule has 2 aromatic carbocycles. The van der Waals surface area contributed by atoms with Crippen molar-refractivity contribution < 1.29 is 5.11 Å². The first-order valence-electron chi connectivity index (χ1n) is 5.28. The van der Waals surface area contributed by atoms with Crippen LogP contribution >= 0.6 is 23.2 Å². The summed E-state index contributed by atoms with van der Waals surface area (Å²) in [5, 5.41) is 9.94. The van der Waals surface area contributed by atoms with E-state index in [-0.39, 0.29) is 15.8 Å². The van der Waals surface area contributed by atoms with E-state index < -0.39 is 0 Å². The molecule has 5 heteroatoms. The van der Waals surface area contributed by atoms with Crippen LogP contribution in [0.15, 0.2) is 36.4 Å². The zero-order valence-corrected chi connectivity index (χ0v) is 10.6. The maximum absolute atomic E-state index is 9.52. The summed E-state index contributed by atoms with van der Waals surface area (Å²) in [5.41, 5.74) is 2.54. The molecule has 3 rings (SSSR count). The van der Waals surface area contributed by atoms with E-state index in [9.17, 15) is 5.11 Å². The average molecular weight is 279 g/mol. The van der Waals surface area contributed by atoms with E-state index in [2.05, 4.69) is 9.97 Å². The number of imidazole rings is 1. The number of aromatic hydroxyl groups is 1. The number of hydrogen-bond donors (Lipinski definition) is 2. The highest BCUT2D eigenvalue weighted by molar-refractivity contribution is 6.37. The van der Waals surface area contributed by atoms with Crippen molar-refractivity contribution in [2.45, 2.75) is 0 Å². The molecule has 0 amide bonds. The minimum atomic E-state index is -0.113. The van der Waals surface area contributed by atoms with E-state index in [0.717, 1.165) is 16.6 Å². The lowest BCUT2D eigenvalue weighted by Gasteiger charge is -2.02. The Kier molecular flexibility index (Phi) is 2.65. The van der Waals surface area contributed by atoms with Crippen LogP contribution in [0.4, 0.5) is 0 Å². The smallest absolute Gasteiger partial charge is 0.152 e. The number of rotatable bonds is 1. The SMILES string of the molecule is Oc1c(Cl)cc(-c2nc3ccccc3[nH]2)cc1Cl. The van der Waals surface area contributed by atoms with Gasteiger partial charge in [-0.05, 0) is 24.3 Å². The van der Waals surface area contributed by atoms with E-state index in [1.165, 1.54) is 0 Å². The third-order valence-corrected chi connectivity index (χ3v) is 3.26. The molecular formula is C13H8Cl2N2O. The third kappa shape index (κ3) is 1.82. The van der Waals surface area contributed by atoms with Gasteiger partial charge in [-0.25, -0.2) is 4.98 Å². The van der Waals surface area contributed by atoms with E-state index >= 15 is 0 Å². The van der Waals surface area contributed by atoms with Crippen LogP contribution in [0.2, 0.25) is 10.0 Å². The Morgan fingerprint density at radius 3 is 2.39 bits per heavy atom. The summed E-state index contributed by atoms with van der Waals surface area (Å²) in [6.45, 7) is 0. The molecule has 1 aromatic heterocycles. The lowest BCUT2D eigenvalue weighted by atomic mass is 10.2. The van der Waals surface area contributed by atoms with Crippen molar-refractivity contribution in [1.29, 1.82) is 0 Å². The van der Waals surface area contributed by atoms with Gasteiger partial charge < -0.3 is 10.1 Å². The number of aromatic nitrogens is 2. The van der Waals surface area contributed by atoms with Crippen LogP contribution in [0, 0.1) is 0 Å². The largest absolute Gasteiger partial charge is 0.505 e. The molecule has 18 heavy (non-hydrogen) atoms. The highest BCUT2D eigenvalue weighted by atomic mass is 35.5. The third-order valence-electron chi connectivity index (χ3n) is 2.68. The molecule has 90 valence electrons. The van der Waals surface area contributed by atoms with Gasteiger partial charge in [-0.3, -0.25) is 0 Å². The molecule has 0 fully saturated rings. The van der Waals surface area contributed by atoms with E-state index in [0.29, 0.717) is 5.82 Å². The van der Waals surface area contributed by atoms with Gasteiger partial charge in [0, 0.05) is 5.56 Å². The van der Waals surface area contributed by atoms with Gasteiger partial charge in [0.25, 0.3) is 0 Å². The fourth-order valence-electron chi connectivity index (χ4n) is 1.79. The van der Waals surface area contributed by atoms with Crippen LogP contribution in [0.3, 0.4) is 0 Å². The van der Waals surface area contributed by atoms with Crippen molar-refractivity contribution in [3.05, 3.63) is 46.4 Å². The van der Waals surface area contributed by atoms with E-state index in [1.807, 2.05) is 24.3 Å². The highest BCUT2D eigenvalue weighted by Crippen LogP contribution is 2.35. The number of hydrogen-bond acceptors (Lipinski definition) is 2. The molecule has 0 saturated carbocycles. The highest BCUT2D eigenvalue weighted by Gasteiger charge is 2.10. The lowest BCUT2D eigenvalue weighted by molar-refractivity contribution is 0.476. The first kappa shape index (κ1) is 11.4. The normalized spacial score (nSPS) is 11.0. The van der Waals surface area contributed by atoms with Gasteiger partial charge in [-0.2, -0.15) is 0 Å². The molecule has 1 heterocycles. The Hall–Kier alpha value is -1.71. The average Bonchev–Trinajstić information content (AvgIpc) is 2.79. The van der Waals surface area contributed by atoms with Crippen LogP contribution in [0.5, 0.6) is 5.75 Å². The summed E-state index contributed by atoms with van der Waals surface area (Å²) in [5.74, 6) is 0.554. The summed E-state index contributed by atoms with van der Waals surface area (Å²) in [4.78, 5) is 7.62. The van der Waals surface area contributed by atoms with Crippen molar-refractivity contribution in [2.24, 2.45) is 0 Å². The first-order chi connectivity index (χ1) is 8.65. The van der Waals surface area contributed by atoms with Crippen LogP contribution in [0.1, 0.15) is 0 Å². The van der Waals surface area contributed by atoms with Crippen molar-refractivity contribution >= 4 is 34.2 Å². The molecule has 0 radical (unpaired) electrons. The summed E-state index contributed by atoms with van der Waals surface area (Å²) in [7, 11) is 0. The van der Waals surface area contributed by atoms with Gasteiger partial charge in [0.05, 0.1) is 21.1 Å². The lowest BCUT2D eigenvalue weighted by Crippen LogP contribution is -1.82. The number of fused-ring (bicyclic) bond motifs is 1. The second-order valence-electron chi connectivity index (χ2n) is 3.89. The van der Waals surface area contributed by atoms with Crippen LogP contribution in [-0.4, -0.2) is 15.1 Å². The van der Waals surface area contributed by atoms with Gasteiger partial charge >= 0.3 is 0 Å². The summed E-state index contributed by atoms with van der Waals surface area (Å²) < 4.78 is 0. The topological polar surface area (TPSA) is 48.9 Å². The standard InChI is InChI=1S/C13H8Cl2N2O/c14-8-5-7(6-9(15)12(8)18)13-16-10-3-1-2-4-11(10)17-13/h1-6,18H,(H,16,17). The Bertz CT molecular complexity index is 681. The van der Waals surface area contributed by atoms with Crippen LogP contribution in [-0.2, 0) is 0 Å². The number of halogens is 2. The fraction of sp³-hybridized carbons (Fsp3) is 0. The van der Waals surface area contributed by atoms with Crippen molar-refractivity contribution in [3.63, 3.8) is 0 Å². The van der Waals surface area contributed by atoms with Gasteiger partial charge in [0.15, 0.2) is 5.75 Å². The van der Waals surface area contributed by atoms with E-state index in [4.69, 9.17) is 23.2 Å². The molecule has 3 aromatic rings. The number of phenols is 1. The second-order valence-corrected chi connectivity index (χ2v) is 4.71. The van der Waals surface area contributed by atoms with Crippen LogP contribution < -0.4 is 0 Å². The maximum atomic E-state index is 9.52. The van der Waals surface area contributed by atoms with Gasteiger partial charge in [0.1, 0.15) is 5.82 Å². The van der Waals surface area contributed by atoms with Gasteiger partial charge in [-0.15, -0.1) is 0 Å². The molecule has 2 N–H and O–H groups in total. The Balaban J connectivity index is 2.20. The maximum Gasteiger partial charge on any atom is 0.152 e. The van der Waals surface area contributed by atoms with Crippen LogP contribution in [0.25, 0.3) is 22.4 Å². The zero-order chi connectivity index (χ0) is 12.7. The number of nitrogens with zero attached hydrogens (tertiary/aromatic N) is 1. The quantitative estimate of drug-likeness (QED) is 0.699. The Morgan fingerprint density at radius 1 is 1.06 bits per heavy atom. The predicted octanol–water partition coefficient (Wildman–Crippen LogP) is 4.24. The minimum absolute atomic E-state index is 0.113. The first-order valence-corrected chi connectivity index (χ1v) is 6.04. The molecule has 0 unspecified atom stereocenters. The monoisotopic (exact) mass is 278 g/mol. The molecule has 0 atom stereocenters. The molecule has 3 nitrogen and oxygen atoms in total. The molecular weight excluding hydrogens is 271 g/mol. The predicted molar refractivity (Wildman–Crippen MR) is 73.2 cm³/mol.